The fourth-order valence-corrected chi connectivity index (χ4v) is 0.794. The Balaban J connectivity index is 0. The number of hydrogen-bond donors (Lipinski definition) is 4. The predicted molar refractivity (Wildman–Crippen MR) is 74.6 cm³/mol. The second-order valence-electron chi connectivity index (χ2n) is 4.45. The fourth-order valence-electron chi connectivity index (χ4n) is 0.794. The second-order valence-corrected chi connectivity index (χ2v) is 4.45. The molecule has 4 atom stereocenters. The van der Waals surface area contributed by atoms with Crippen molar-refractivity contribution in [2.75, 3.05) is 0 Å². The first-order valence-electron chi connectivity index (χ1n) is 6.18. The van der Waals surface area contributed by atoms with Crippen LogP contribution in [0.1, 0.15) is 27.7 Å². The van der Waals surface area contributed by atoms with Crippen molar-refractivity contribution < 1.29 is 19.2 Å². The van der Waals surface area contributed by atoms with Crippen LogP contribution in [0.25, 0.3) is 0 Å². The maximum absolute atomic E-state index is 11.3. The molecule has 0 aromatic rings. The zero-order valence-corrected chi connectivity index (χ0v) is 12.3. The Hall–Kier alpha value is -1.80. The third-order valence-corrected chi connectivity index (χ3v) is 1.95. The molecule has 0 bridgehead atoms. The zero-order chi connectivity index (χ0) is 16.3. The van der Waals surface area contributed by atoms with E-state index in [1.54, 1.807) is 13.8 Å². The zero-order valence-electron chi connectivity index (χ0n) is 12.3. The van der Waals surface area contributed by atoms with Crippen LogP contribution in [0, 0.1) is 0 Å². The first-order chi connectivity index (χ1) is 9.15. The summed E-state index contributed by atoms with van der Waals surface area (Å²) in [6.45, 7) is 6.22. The van der Waals surface area contributed by atoms with Gasteiger partial charge in [0, 0.05) is 0 Å². The topological polar surface area (TPSA) is 144 Å². The summed E-state index contributed by atoms with van der Waals surface area (Å²) in [7, 11) is 0. The smallest absolute Gasteiger partial charge is 0.242 e. The van der Waals surface area contributed by atoms with E-state index in [9.17, 15) is 19.2 Å². The fraction of sp³-hybridized carbons (Fsp3) is 0.667. The Morgan fingerprint density at radius 1 is 0.900 bits per heavy atom. The molecule has 0 aromatic heterocycles. The van der Waals surface area contributed by atoms with Crippen molar-refractivity contribution >= 4 is 24.4 Å². The van der Waals surface area contributed by atoms with Gasteiger partial charge in [0.25, 0.3) is 0 Å². The van der Waals surface area contributed by atoms with Gasteiger partial charge in [-0.2, -0.15) is 0 Å². The highest BCUT2D eigenvalue weighted by molar-refractivity contribution is 5.90. The SMILES string of the molecule is C[C@H](N)C(=O)N[C@@H](C)C(=O)N[C@@H](C)C=O.C[C@H](N)C=O. The Morgan fingerprint density at radius 3 is 1.65 bits per heavy atom. The molecule has 0 saturated heterocycles. The van der Waals surface area contributed by atoms with Gasteiger partial charge in [0.1, 0.15) is 18.6 Å². The molecular formula is C12H24N4O4. The first kappa shape index (κ1) is 20.5. The summed E-state index contributed by atoms with van der Waals surface area (Å²) >= 11 is 0. The number of nitrogens with one attached hydrogen (secondary N) is 2. The first-order valence-corrected chi connectivity index (χ1v) is 6.18. The molecule has 6 N–H and O–H groups in total. The Labute approximate surface area is 118 Å². The number of carbonyl (C=O) groups excluding carboxylic acids is 4. The highest BCUT2D eigenvalue weighted by Gasteiger charge is 2.18. The molecule has 2 amide bonds. The maximum Gasteiger partial charge on any atom is 0.242 e. The molecule has 8 heteroatoms. The van der Waals surface area contributed by atoms with Gasteiger partial charge in [0.15, 0.2) is 0 Å². The third-order valence-electron chi connectivity index (χ3n) is 1.95. The molecule has 0 radical (unpaired) electrons. The normalized spacial score (nSPS) is 15.5. The Kier molecular flexibility index (Phi) is 11.3. The van der Waals surface area contributed by atoms with Crippen molar-refractivity contribution in [1.29, 1.82) is 0 Å². The molecule has 0 aliphatic carbocycles. The van der Waals surface area contributed by atoms with E-state index in [0.717, 1.165) is 0 Å². The molecule has 0 rings (SSSR count). The van der Waals surface area contributed by atoms with Crippen molar-refractivity contribution in [3.63, 3.8) is 0 Å². The van der Waals surface area contributed by atoms with E-state index in [1.165, 1.54) is 13.8 Å². The molecule has 8 nitrogen and oxygen atoms in total. The average molecular weight is 288 g/mol. The standard InChI is InChI=1S/C9H17N3O3.C3H7NO/c1-5(4-13)11-9(15)7(3)12-8(14)6(2)10;1-3(4)2-5/h4-7H,10H2,1-3H3,(H,11,15)(H,12,14);2-3H,4H2,1H3/t5-,6-,7-;3-/m00/s1. The minimum absolute atomic E-state index is 0.296. The number of rotatable bonds is 6. The molecule has 0 unspecified atom stereocenters. The third kappa shape index (κ3) is 11.3. The second kappa shape index (κ2) is 11.1. The summed E-state index contributed by atoms with van der Waals surface area (Å²) < 4.78 is 0. The molecular weight excluding hydrogens is 264 g/mol. The van der Waals surface area contributed by atoms with E-state index < -0.39 is 29.9 Å². The lowest BCUT2D eigenvalue weighted by Crippen LogP contribution is -2.51. The van der Waals surface area contributed by atoms with Gasteiger partial charge in [0.05, 0.1) is 18.1 Å². The van der Waals surface area contributed by atoms with Crippen LogP contribution in [-0.2, 0) is 19.2 Å². The van der Waals surface area contributed by atoms with Crippen LogP contribution in [0.3, 0.4) is 0 Å². The highest BCUT2D eigenvalue weighted by Crippen LogP contribution is 1.86. The van der Waals surface area contributed by atoms with Crippen molar-refractivity contribution in [2.45, 2.75) is 51.9 Å². The van der Waals surface area contributed by atoms with E-state index in [0.29, 0.717) is 12.6 Å². The van der Waals surface area contributed by atoms with Crippen LogP contribution >= 0.6 is 0 Å². The average Bonchev–Trinajstić information content (AvgIpc) is 2.38. The molecule has 116 valence electrons. The van der Waals surface area contributed by atoms with Gasteiger partial charge in [-0.3, -0.25) is 9.59 Å². The summed E-state index contributed by atoms with van der Waals surface area (Å²) in [6.07, 6.45) is 1.30. The molecule has 20 heavy (non-hydrogen) atoms. The molecule has 0 aliphatic rings. The van der Waals surface area contributed by atoms with Gasteiger partial charge < -0.3 is 31.7 Å². The van der Waals surface area contributed by atoms with E-state index in [-0.39, 0.29) is 6.04 Å². The van der Waals surface area contributed by atoms with E-state index in [2.05, 4.69) is 10.6 Å². The van der Waals surface area contributed by atoms with Crippen molar-refractivity contribution in [2.24, 2.45) is 11.5 Å². The monoisotopic (exact) mass is 288 g/mol. The number of carbonyl (C=O) groups is 4. The van der Waals surface area contributed by atoms with Gasteiger partial charge in [0.2, 0.25) is 11.8 Å². The summed E-state index contributed by atoms with van der Waals surface area (Å²) in [4.78, 5) is 42.1. The molecule has 0 aromatic carbocycles. The minimum atomic E-state index is -0.703. The molecule has 0 heterocycles. The minimum Gasteiger partial charge on any atom is -0.345 e. The molecule has 0 spiro atoms. The van der Waals surface area contributed by atoms with Crippen LogP contribution in [0.15, 0.2) is 0 Å². The summed E-state index contributed by atoms with van der Waals surface area (Å²) in [5.41, 5.74) is 10.2. The number of hydrogen-bond acceptors (Lipinski definition) is 6. The van der Waals surface area contributed by atoms with Crippen LogP contribution in [0.4, 0.5) is 0 Å². The summed E-state index contributed by atoms with van der Waals surface area (Å²) in [5.74, 6) is -0.819. The van der Waals surface area contributed by atoms with E-state index >= 15 is 0 Å². The van der Waals surface area contributed by atoms with Gasteiger partial charge in [-0.1, -0.05) is 0 Å². The van der Waals surface area contributed by atoms with Gasteiger partial charge in [-0.25, -0.2) is 0 Å². The van der Waals surface area contributed by atoms with Crippen molar-refractivity contribution in [1.82, 2.24) is 10.6 Å². The Morgan fingerprint density at radius 2 is 1.35 bits per heavy atom. The van der Waals surface area contributed by atoms with Crippen LogP contribution in [-0.4, -0.2) is 48.6 Å². The Bertz CT molecular complexity index is 331. The lowest BCUT2D eigenvalue weighted by atomic mass is 10.2. The van der Waals surface area contributed by atoms with Crippen LogP contribution < -0.4 is 22.1 Å². The number of nitrogens with two attached hydrogens (primary N) is 2. The molecule has 0 aliphatic heterocycles. The number of amides is 2. The predicted octanol–water partition coefficient (Wildman–Crippen LogP) is -1.93. The van der Waals surface area contributed by atoms with Crippen LogP contribution in [0.2, 0.25) is 0 Å². The highest BCUT2D eigenvalue weighted by atomic mass is 16.2. The van der Waals surface area contributed by atoms with Gasteiger partial charge in [-0.15, -0.1) is 0 Å². The largest absolute Gasteiger partial charge is 0.345 e. The van der Waals surface area contributed by atoms with E-state index in [1.807, 2.05) is 0 Å². The van der Waals surface area contributed by atoms with Crippen molar-refractivity contribution in [3.8, 4) is 0 Å². The van der Waals surface area contributed by atoms with Crippen LogP contribution in [0.5, 0.6) is 0 Å². The molecule has 0 saturated carbocycles. The van der Waals surface area contributed by atoms with Crippen molar-refractivity contribution in [3.05, 3.63) is 0 Å². The quantitative estimate of drug-likeness (QED) is 0.419. The lowest BCUT2D eigenvalue weighted by Gasteiger charge is -2.16. The van der Waals surface area contributed by atoms with Gasteiger partial charge in [-0.05, 0) is 27.7 Å². The van der Waals surface area contributed by atoms with E-state index in [4.69, 9.17) is 11.5 Å². The van der Waals surface area contributed by atoms with Gasteiger partial charge >= 0.3 is 0 Å². The molecule has 0 fully saturated rings. The summed E-state index contributed by atoms with van der Waals surface area (Å²) in [5, 5.41) is 4.83. The lowest BCUT2D eigenvalue weighted by molar-refractivity contribution is -0.129. The number of aldehydes is 2. The summed E-state index contributed by atoms with van der Waals surface area (Å²) in [6, 6.07) is -2.23. The maximum atomic E-state index is 11.3.